The quantitative estimate of drug-likeness (QED) is 0.0335. The van der Waals surface area contributed by atoms with Crippen molar-refractivity contribution in [3.05, 3.63) is 60.8 Å². The lowest BCUT2D eigenvalue weighted by molar-refractivity contribution is -0.298. The fourth-order valence-corrected chi connectivity index (χ4v) is 5.26. The van der Waals surface area contributed by atoms with Crippen molar-refractivity contribution in [2.24, 2.45) is 0 Å². The summed E-state index contributed by atoms with van der Waals surface area (Å²) in [5.41, 5.74) is 0. The topological polar surface area (TPSA) is 169 Å². The molecule has 0 aliphatic carbocycles. The highest BCUT2D eigenvalue weighted by Gasteiger charge is 2.47. The van der Waals surface area contributed by atoms with E-state index < -0.39 is 61.3 Å². The molecule has 52 heavy (non-hydrogen) atoms. The number of unbranched alkanes of at least 4 members (excludes halogenated alkanes) is 9. The Kier molecular flexibility index (Phi) is 28.4. The molecule has 0 saturated carbocycles. The number of allylic oxidation sites excluding steroid dienone is 10. The number of carboxylic acids is 1. The molecule has 1 fully saturated rings. The van der Waals surface area contributed by atoms with Crippen molar-refractivity contribution in [2.45, 2.75) is 166 Å². The van der Waals surface area contributed by atoms with E-state index in [4.69, 9.17) is 18.9 Å². The van der Waals surface area contributed by atoms with Crippen LogP contribution in [-0.2, 0) is 33.3 Å². The summed E-state index contributed by atoms with van der Waals surface area (Å²) < 4.78 is 21.6. The second kappa shape index (κ2) is 31.4. The van der Waals surface area contributed by atoms with Crippen LogP contribution in [0.5, 0.6) is 0 Å². The zero-order valence-corrected chi connectivity index (χ0v) is 31.5. The van der Waals surface area contributed by atoms with E-state index in [1.165, 1.54) is 12.8 Å². The lowest BCUT2D eigenvalue weighted by atomic mass is 9.99. The second-order valence-corrected chi connectivity index (χ2v) is 13.0. The number of carboxylic acid groups (broad SMARTS) is 1. The minimum atomic E-state index is -1.87. The third-order valence-corrected chi connectivity index (χ3v) is 8.35. The molecular formula is C41H66O11. The summed E-state index contributed by atoms with van der Waals surface area (Å²) in [4.78, 5) is 36.6. The number of esters is 2. The Morgan fingerprint density at radius 1 is 0.615 bits per heavy atom. The SMILES string of the molecule is CC/C=C\C/C=C\C/C=C\C/C=C\CCCCC(=O)OCC(COC1OC(C(=O)O)C(O)C(O)C1O)OC(=O)CCCCCCC/C=C\CCCC. The number of ether oxygens (including phenoxy) is 4. The normalized spacial score (nSPS) is 21.6. The Hall–Kier alpha value is -3.09. The van der Waals surface area contributed by atoms with Gasteiger partial charge in [0.25, 0.3) is 0 Å². The van der Waals surface area contributed by atoms with E-state index in [0.717, 1.165) is 77.0 Å². The molecule has 1 rings (SSSR count). The van der Waals surface area contributed by atoms with Crippen molar-refractivity contribution in [2.75, 3.05) is 13.2 Å². The zero-order chi connectivity index (χ0) is 38.2. The summed E-state index contributed by atoms with van der Waals surface area (Å²) >= 11 is 0. The van der Waals surface area contributed by atoms with Crippen LogP contribution in [0.3, 0.4) is 0 Å². The predicted molar refractivity (Wildman–Crippen MR) is 201 cm³/mol. The molecule has 296 valence electrons. The summed E-state index contributed by atoms with van der Waals surface area (Å²) in [5.74, 6) is -2.52. The molecule has 0 aromatic carbocycles. The van der Waals surface area contributed by atoms with Gasteiger partial charge in [0.15, 0.2) is 18.5 Å². The van der Waals surface area contributed by atoms with Crippen LogP contribution in [0.25, 0.3) is 0 Å². The van der Waals surface area contributed by atoms with E-state index in [9.17, 15) is 34.8 Å². The largest absolute Gasteiger partial charge is 0.479 e. The molecule has 6 atom stereocenters. The molecular weight excluding hydrogens is 668 g/mol. The van der Waals surface area contributed by atoms with Gasteiger partial charge in [0.2, 0.25) is 0 Å². The van der Waals surface area contributed by atoms with Gasteiger partial charge in [-0.25, -0.2) is 4.79 Å². The first kappa shape index (κ1) is 46.9. The summed E-state index contributed by atoms with van der Waals surface area (Å²) in [6.45, 7) is 3.57. The predicted octanol–water partition coefficient (Wildman–Crippen LogP) is 7.19. The van der Waals surface area contributed by atoms with E-state index in [0.29, 0.717) is 12.8 Å². The average molecular weight is 735 g/mol. The van der Waals surface area contributed by atoms with Gasteiger partial charge in [-0.1, -0.05) is 107 Å². The molecule has 0 spiro atoms. The highest BCUT2D eigenvalue weighted by Crippen LogP contribution is 2.23. The minimum Gasteiger partial charge on any atom is -0.479 e. The number of aliphatic carboxylic acids is 1. The van der Waals surface area contributed by atoms with E-state index in [1.54, 1.807) is 0 Å². The van der Waals surface area contributed by atoms with Crippen molar-refractivity contribution in [1.29, 1.82) is 0 Å². The van der Waals surface area contributed by atoms with Crippen LogP contribution in [0.1, 0.15) is 129 Å². The molecule has 4 N–H and O–H groups in total. The van der Waals surface area contributed by atoms with E-state index in [2.05, 4.69) is 74.6 Å². The molecule has 11 heteroatoms. The highest BCUT2D eigenvalue weighted by molar-refractivity contribution is 5.73. The first-order valence-electron chi connectivity index (χ1n) is 19.3. The molecule has 0 radical (unpaired) electrons. The Labute approximate surface area is 311 Å². The van der Waals surface area contributed by atoms with Crippen LogP contribution in [0.2, 0.25) is 0 Å². The Morgan fingerprint density at radius 2 is 1.13 bits per heavy atom. The number of rotatable bonds is 30. The molecule has 1 aliphatic heterocycles. The van der Waals surface area contributed by atoms with Crippen molar-refractivity contribution in [1.82, 2.24) is 0 Å². The minimum absolute atomic E-state index is 0.160. The first-order chi connectivity index (χ1) is 25.2. The van der Waals surface area contributed by atoms with E-state index in [-0.39, 0.29) is 19.4 Å². The lowest BCUT2D eigenvalue weighted by Crippen LogP contribution is -2.60. The molecule has 1 aliphatic rings. The van der Waals surface area contributed by atoms with Gasteiger partial charge in [0.05, 0.1) is 6.61 Å². The highest BCUT2D eigenvalue weighted by atomic mass is 16.7. The molecule has 6 unspecified atom stereocenters. The average Bonchev–Trinajstić information content (AvgIpc) is 3.12. The maximum Gasteiger partial charge on any atom is 0.335 e. The van der Waals surface area contributed by atoms with Crippen LogP contribution in [-0.4, -0.2) is 88.4 Å². The molecule has 0 aromatic heterocycles. The summed E-state index contributed by atoms with van der Waals surface area (Å²) in [6, 6.07) is 0. The van der Waals surface area contributed by atoms with Crippen LogP contribution >= 0.6 is 0 Å². The van der Waals surface area contributed by atoms with Crippen molar-refractivity contribution in [3.8, 4) is 0 Å². The van der Waals surface area contributed by atoms with Gasteiger partial charge in [0, 0.05) is 12.8 Å². The molecule has 1 saturated heterocycles. The fourth-order valence-electron chi connectivity index (χ4n) is 5.26. The van der Waals surface area contributed by atoms with Gasteiger partial charge in [-0.15, -0.1) is 0 Å². The first-order valence-corrected chi connectivity index (χ1v) is 19.3. The van der Waals surface area contributed by atoms with Gasteiger partial charge >= 0.3 is 17.9 Å². The standard InChI is InChI=1S/C41H66O11/c1-3-5-7-9-11-13-15-16-17-18-20-21-23-25-27-29-34(42)49-31-33(32-50-41-38(46)36(44)37(45)39(52-41)40(47)48)51-35(43)30-28-26-24-22-19-14-12-10-8-6-4-2/h5,7,10-13,16-17,20-21,33,36-39,41,44-46H,3-4,6,8-9,14-15,18-19,22-32H2,1-2H3,(H,47,48)/b7-5-,12-10-,13-11-,17-16-,21-20-. The molecule has 0 amide bonds. The van der Waals surface area contributed by atoms with Gasteiger partial charge in [-0.3, -0.25) is 9.59 Å². The van der Waals surface area contributed by atoms with E-state index in [1.807, 2.05) is 0 Å². The Balaban J connectivity index is 2.48. The Morgan fingerprint density at radius 3 is 1.77 bits per heavy atom. The fraction of sp³-hybridized carbons (Fsp3) is 0.683. The maximum atomic E-state index is 12.7. The van der Waals surface area contributed by atoms with E-state index >= 15 is 0 Å². The van der Waals surface area contributed by atoms with Crippen LogP contribution in [0.4, 0.5) is 0 Å². The number of hydrogen-bond acceptors (Lipinski definition) is 10. The van der Waals surface area contributed by atoms with Crippen LogP contribution in [0, 0.1) is 0 Å². The number of carbonyl (C=O) groups excluding carboxylic acids is 2. The molecule has 0 bridgehead atoms. The van der Waals surface area contributed by atoms with Crippen molar-refractivity contribution < 1.29 is 53.8 Å². The zero-order valence-electron chi connectivity index (χ0n) is 31.5. The van der Waals surface area contributed by atoms with Gasteiger partial charge in [-0.05, 0) is 70.6 Å². The third kappa shape index (κ3) is 23.5. The summed E-state index contributed by atoms with van der Waals surface area (Å²) in [5, 5.41) is 39.6. The lowest BCUT2D eigenvalue weighted by Gasteiger charge is -2.38. The van der Waals surface area contributed by atoms with Crippen molar-refractivity contribution >= 4 is 17.9 Å². The summed E-state index contributed by atoms with van der Waals surface area (Å²) in [7, 11) is 0. The van der Waals surface area contributed by atoms with Crippen molar-refractivity contribution in [3.63, 3.8) is 0 Å². The molecule has 1 heterocycles. The maximum absolute atomic E-state index is 12.7. The second-order valence-electron chi connectivity index (χ2n) is 13.0. The molecule has 0 aromatic rings. The smallest absolute Gasteiger partial charge is 0.335 e. The Bertz CT molecular complexity index is 1100. The monoisotopic (exact) mass is 734 g/mol. The van der Waals surface area contributed by atoms with Gasteiger partial charge < -0.3 is 39.4 Å². The number of aliphatic hydroxyl groups excluding tert-OH is 3. The van der Waals surface area contributed by atoms with Gasteiger partial charge in [-0.2, -0.15) is 0 Å². The third-order valence-electron chi connectivity index (χ3n) is 8.35. The van der Waals surface area contributed by atoms with Crippen LogP contribution in [0.15, 0.2) is 60.8 Å². The summed E-state index contributed by atoms with van der Waals surface area (Å²) in [6.07, 6.45) is 27.2. The number of carbonyl (C=O) groups is 3. The number of hydrogen-bond donors (Lipinski definition) is 4. The van der Waals surface area contributed by atoms with Gasteiger partial charge in [0.1, 0.15) is 24.9 Å². The molecule has 11 nitrogen and oxygen atoms in total. The van der Waals surface area contributed by atoms with Crippen LogP contribution < -0.4 is 0 Å². The number of aliphatic hydroxyl groups is 3.